The molecule has 36 heavy (non-hydrogen) atoms. The van der Waals surface area contributed by atoms with Crippen molar-refractivity contribution in [2.75, 3.05) is 33.9 Å². The molecule has 1 aliphatic carbocycles. The molecule has 1 fully saturated rings. The van der Waals surface area contributed by atoms with Gasteiger partial charge in [0.15, 0.2) is 17.3 Å². The van der Waals surface area contributed by atoms with E-state index in [9.17, 15) is 9.90 Å². The molecule has 188 valence electrons. The van der Waals surface area contributed by atoms with Crippen molar-refractivity contribution in [1.29, 1.82) is 0 Å². The van der Waals surface area contributed by atoms with Crippen molar-refractivity contribution in [3.8, 4) is 11.5 Å². The zero-order valence-corrected chi connectivity index (χ0v) is 20.6. The van der Waals surface area contributed by atoms with E-state index < -0.39 is 0 Å². The number of likely N-dealkylation sites (tertiary alicyclic amines) is 1. The summed E-state index contributed by atoms with van der Waals surface area (Å²) in [6.07, 6.45) is 7.43. The van der Waals surface area contributed by atoms with Crippen LogP contribution < -0.4 is 10.1 Å². The number of amides is 1. The monoisotopic (exact) mass is 488 g/mol. The number of piperidine rings is 1. The Balaban J connectivity index is 1.29. The average Bonchev–Trinajstić information content (AvgIpc) is 3.53. The van der Waals surface area contributed by atoms with Gasteiger partial charge in [-0.25, -0.2) is 0 Å². The highest BCUT2D eigenvalue weighted by atomic mass is 16.5. The summed E-state index contributed by atoms with van der Waals surface area (Å²) in [6, 6.07) is 16.9. The molecule has 3 aromatic rings. The standard InChI is InChI=1S/C29H32N2O5/c1-34-25-19-20(11-12-23(25)32)7-5-15-31-16-13-29(14-17-31)22-9-4-3-8-21(22)26(27(29)35-2)30-28(33)24-10-6-18-36-24/h3-12,18-19,26-27,32H,13-17H2,1-2H3,(H,30,33)/t26-,27+/m1/s1. The fourth-order valence-electron chi connectivity index (χ4n) is 5.82. The van der Waals surface area contributed by atoms with Gasteiger partial charge in [-0.2, -0.15) is 0 Å². The van der Waals surface area contributed by atoms with Crippen LogP contribution in [-0.2, 0) is 10.2 Å². The van der Waals surface area contributed by atoms with Crippen molar-refractivity contribution in [1.82, 2.24) is 10.2 Å². The van der Waals surface area contributed by atoms with Crippen LogP contribution in [0.2, 0.25) is 0 Å². The minimum Gasteiger partial charge on any atom is -0.504 e. The Morgan fingerprint density at radius 2 is 1.97 bits per heavy atom. The van der Waals surface area contributed by atoms with Gasteiger partial charge in [0.2, 0.25) is 0 Å². The lowest BCUT2D eigenvalue weighted by atomic mass is 9.72. The Kier molecular flexibility index (Phi) is 6.85. The smallest absolute Gasteiger partial charge is 0.287 e. The van der Waals surface area contributed by atoms with E-state index in [4.69, 9.17) is 13.9 Å². The normalized spacial score (nSPS) is 21.1. The van der Waals surface area contributed by atoms with Crippen molar-refractivity contribution in [3.05, 3.63) is 89.4 Å². The van der Waals surface area contributed by atoms with Crippen LogP contribution in [0.15, 0.2) is 71.4 Å². The summed E-state index contributed by atoms with van der Waals surface area (Å²) in [7, 11) is 3.29. The van der Waals surface area contributed by atoms with Crippen LogP contribution in [0, 0.1) is 0 Å². The number of nitrogens with one attached hydrogen (secondary N) is 1. The molecule has 0 saturated carbocycles. The lowest BCUT2D eigenvalue weighted by Gasteiger charge is -2.44. The molecule has 0 radical (unpaired) electrons. The van der Waals surface area contributed by atoms with Crippen LogP contribution in [0.25, 0.3) is 6.08 Å². The van der Waals surface area contributed by atoms with E-state index in [2.05, 4.69) is 40.6 Å². The number of phenolic OH excluding ortho intramolecular Hbond substituents is 1. The zero-order chi connectivity index (χ0) is 25.1. The van der Waals surface area contributed by atoms with Crippen LogP contribution in [-0.4, -0.2) is 55.9 Å². The maximum absolute atomic E-state index is 12.9. The summed E-state index contributed by atoms with van der Waals surface area (Å²) < 4.78 is 16.6. The Morgan fingerprint density at radius 1 is 1.17 bits per heavy atom. The third-order valence-corrected chi connectivity index (χ3v) is 7.59. The first-order chi connectivity index (χ1) is 17.6. The zero-order valence-electron chi connectivity index (χ0n) is 20.6. The average molecular weight is 489 g/mol. The molecule has 2 atom stereocenters. The third-order valence-electron chi connectivity index (χ3n) is 7.59. The van der Waals surface area contributed by atoms with Gasteiger partial charge in [0.05, 0.1) is 25.5 Å². The number of benzene rings is 2. The van der Waals surface area contributed by atoms with Gasteiger partial charge in [0, 0.05) is 19.1 Å². The van der Waals surface area contributed by atoms with E-state index in [1.807, 2.05) is 18.2 Å². The second-order valence-corrected chi connectivity index (χ2v) is 9.46. The van der Waals surface area contributed by atoms with E-state index in [1.54, 1.807) is 32.4 Å². The molecular formula is C29H32N2O5. The number of furan rings is 1. The summed E-state index contributed by atoms with van der Waals surface area (Å²) in [5, 5.41) is 13.0. The molecule has 0 unspecified atom stereocenters. The van der Waals surface area contributed by atoms with Crippen LogP contribution in [0.5, 0.6) is 11.5 Å². The summed E-state index contributed by atoms with van der Waals surface area (Å²) in [5.74, 6) is 0.680. The molecule has 5 rings (SSSR count). The number of carbonyl (C=O) groups excluding carboxylic acids is 1. The van der Waals surface area contributed by atoms with Crippen LogP contribution in [0.3, 0.4) is 0 Å². The van der Waals surface area contributed by atoms with Gasteiger partial charge >= 0.3 is 0 Å². The predicted molar refractivity (Wildman–Crippen MR) is 137 cm³/mol. The fourth-order valence-corrected chi connectivity index (χ4v) is 5.82. The molecule has 7 nitrogen and oxygen atoms in total. The van der Waals surface area contributed by atoms with Gasteiger partial charge in [-0.3, -0.25) is 9.69 Å². The lowest BCUT2D eigenvalue weighted by Crippen LogP contribution is -2.50. The lowest BCUT2D eigenvalue weighted by molar-refractivity contribution is -0.00992. The van der Waals surface area contributed by atoms with Gasteiger partial charge < -0.3 is 24.3 Å². The molecule has 1 saturated heterocycles. The van der Waals surface area contributed by atoms with Gasteiger partial charge in [-0.15, -0.1) is 0 Å². The number of phenols is 1. The Labute approximate surface area is 211 Å². The van der Waals surface area contributed by atoms with Crippen molar-refractivity contribution in [2.45, 2.75) is 30.4 Å². The second-order valence-electron chi connectivity index (χ2n) is 9.46. The number of hydrogen-bond donors (Lipinski definition) is 2. The maximum atomic E-state index is 12.9. The first kappa shape index (κ1) is 24.2. The first-order valence-electron chi connectivity index (χ1n) is 12.3. The van der Waals surface area contributed by atoms with Crippen molar-refractivity contribution in [3.63, 3.8) is 0 Å². The Morgan fingerprint density at radius 3 is 2.69 bits per heavy atom. The van der Waals surface area contributed by atoms with E-state index >= 15 is 0 Å². The molecule has 1 amide bonds. The van der Waals surface area contributed by atoms with Crippen molar-refractivity contribution in [2.24, 2.45) is 0 Å². The number of ether oxygens (including phenoxy) is 2. The number of aromatic hydroxyl groups is 1. The van der Waals surface area contributed by atoms with Crippen molar-refractivity contribution >= 4 is 12.0 Å². The number of rotatable bonds is 7. The highest BCUT2D eigenvalue weighted by Crippen LogP contribution is 2.52. The molecule has 1 spiro atoms. The number of hydrogen-bond acceptors (Lipinski definition) is 6. The van der Waals surface area contributed by atoms with E-state index in [-0.39, 0.29) is 29.2 Å². The second kappa shape index (κ2) is 10.2. The maximum Gasteiger partial charge on any atom is 0.287 e. The quantitative estimate of drug-likeness (QED) is 0.508. The molecule has 2 aliphatic rings. The molecule has 7 heteroatoms. The fraction of sp³-hybridized carbons (Fsp3) is 0.345. The van der Waals surface area contributed by atoms with E-state index in [0.29, 0.717) is 11.5 Å². The Hall–Kier alpha value is -3.55. The van der Waals surface area contributed by atoms with Crippen LogP contribution in [0.4, 0.5) is 0 Å². The van der Waals surface area contributed by atoms with E-state index in [1.165, 1.54) is 11.8 Å². The highest BCUT2D eigenvalue weighted by molar-refractivity contribution is 5.91. The summed E-state index contributed by atoms with van der Waals surface area (Å²) >= 11 is 0. The number of carbonyl (C=O) groups is 1. The summed E-state index contributed by atoms with van der Waals surface area (Å²) in [5.41, 5.74) is 3.22. The van der Waals surface area contributed by atoms with Crippen LogP contribution >= 0.6 is 0 Å². The van der Waals surface area contributed by atoms with Crippen LogP contribution in [0.1, 0.15) is 46.1 Å². The predicted octanol–water partition coefficient (Wildman–Crippen LogP) is 4.54. The van der Waals surface area contributed by atoms with E-state index in [0.717, 1.165) is 43.6 Å². The summed E-state index contributed by atoms with van der Waals surface area (Å²) in [6.45, 7) is 2.68. The largest absolute Gasteiger partial charge is 0.504 e. The van der Waals surface area contributed by atoms with Gasteiger partial charge in [0.25, 0.3) is 5.91 Å². The molecular weight excluding hydrogens is 456 g/mol. The topological polar surface area (TPSA) is 84.2 Å². The molecule has 1 aromatic heterocycles. The SMILES string of the molecule is COc1cc(C=CCN2CCC3(CC2)c2ccccc2[C@@H](NC(=O)c2ccco2)[C@@H]3OC)ccc1O. The molecule has 2 heterocycles. The first-order valence-corrected chi connectivity index (χ1v) is 12.3. The molecule has 2 aromatic carbocycles. The van der Waals surface area contributed by atoms with Gasteiger partial charge in [-0.05, 0) is 66.9 Å². The number of fused-ring (bicyclic) bond motifs is 2. The Bertz CT molecular complexity index is 1230. The van der Waals surface area contributed by atoms with Gasteiger partial charge in [0.1, 0.15) is 0 Å². The highest BCUT2D eigenvalue weighted by Gasteiger charge is 2.54. The molecule has 1 aliphatic heterocycles. The van der Waals surface area contributed by atoms with Gasteiger partial charge in [-0.1, -0.05) is 42.5 Å². The van der Waals surface area contributed by atoms with Crippen molar-refractivity contribution < 1.29 is 23.8 Å². The summed E-state index contributed by atoms with van der Waals surface area (Å²) in [4.78, 5) is 15.3. The number of nitrogens with zero attached hydrogens (tertiary/aromatic N) is 1. The third kappa shape index (κ3) is 4.40. The minimum absolute atomic E-state index is 0.138. The minimum atomic E-state index is -0.236. The number of methoxy groups -OCH3 is 2. The molecule has 0 bridgehead atoms. The molecule has 2 N–H and O–H groups in total.